The van der Waals surface area contributed by atoms with E-state index in [0.29, 0.717) is 11.8 Å². The largest absolute Gasteiger partial charge is 0.338 e. The molecule has 0 spiro atoms. The van der Waals surface area contributed by atoms with Crippen molar-refractivity contribution in [1.82, 2.24) is 4.90 Å². The zero-order valence-electron chi connectivity index (χ0n) is 11.2. The van der Waals surface area contributed by atoms with Crippen molar-refractivity contribution in [2.75, 3.05) is 13.1 Å². The van der Waals surface area contributed by atoms with Gasteiger partial charge in [-0.25, -0.2) is 0 Å². The molecular weight excluding hydrogens is 384 g/mol. The van der Waals surface area contributed by atoms with Crippen LogP contribution < -0.4 is 5.73 Å². The van der Waals surface area contributed by atoms with Crippen LogP contribution >= 0.6 is 31.9 Å². The van der Waals surface area contributed by atoms with Gasteiger partial charge in [-0.15, -0.1) is 0 Å². The fourth-order valence-electron chi connectivity index (χ4n) is 3.52. The molecule has 1 aliphatic heterocycles. The number of likely N-dealkylation sites (tertiary alicyclic amines) is 1. The van der Waals surface area contributed by atoms with Crippen LogP contribution in [0.1, 0.15) is 29.6 Å². The Morgan fingerprint density at radius 2 is 2.05 bits per heavy atom. The van der Waals surface area contributed by atoms with Crippen LogP contribution in [0.4, 0.5) is 0 Å². The molecule has 3 atom stereocenters. The van der Waals surface area contributed by atoms with Crippen LogP contribution in [0.25, 0.3) is 0 Å². The van der Waals surface area contributed by atoms with E-state index in [1.807, 2.05) is 23.1 Å². The molecule has 1 saturated carbocycles. The molecular formula is C15H18Br2N2O. The van der Waals surface area contributed by atoms with E-state index in [-0.39, 0.29) is 11.9 Å². The number of benzene rings is 1. The van der Waals surface area contributed by atoms with E-state index in [4.69, 9.17) is 5.73 Å². The Kier molecular flexibility index (Phi) is 4.20. The van der Waals surface area contributed by atoms with E-state index < -0.39 is 0 Å². The van der Waals surface area contributed by atoms with E-state index in [9.17, 15) is 4.79 Å². The summed E-state index contributed by atoms with van der Waals surface area (Å²) in [6.07, 6.45) is 3.52. The summed E-state index contributed by atoms with van der Waals surface area (Å²) in [5.41, 5.74) is 6.95. The molecule has 1 aliphatic carbocycles. The Bertz CT molecular complexity index is 535. The molecule has 20 heavy (non-hydrogen) atoms. The van der Waals surface area contributed by atoms with E-state index in [0.717, 1.165) is 34.0 Å². The molecule has 3 rings (SSSR count). The second kappa shape index (κ2) is 5.78. The first kappa shape index (κ1) is 14.5. The van der Waals surface area contributed by atoms with Crippen molar-refractivity contribution in [3.05, 3.63) is 32.7 Å². The fourth-order valence-corrected chi connectivity index (χ4v) is 4.73. The van der Waals surface area contributed by atoms with Gasteiger partial charge in [0.2, 0.25) is 0 Å². The minimum Gasteiger partial charge on any atom is -0.338 e. The lowest BCUT2D eigenvalue weighted by Gasteiger charge is -2.29. The maximum Gasteiger partial charge on any atom is 0.255 e. The number of carbonyl (C=O) groups is 1. The van der Waals surface area contributed by atoms with Gasteiger partial charge in [0.1, 0.15) is 0 Å². The van der Waals surface area contributed by atoms with Gasteiger partial charge in [0, 0.05) is 28.1 Å². The monoisotopic (exact) mass is 400 g/mol. The van der Waals surface area contributed by atoms with E-state index in [1.54, 1.807) is 0 Å². The molecule has 0 bridgehead atoms. The Hall–Kier alpha value is -0.390. The SMILES string of the molecule is NC1CCCC2CN(C(=O)c3ccc(Br)cc3Br)CC12. The highest BCUT2D eigenvalue weighted by Gasteiger charge is 2.40. The second-order valence-corrected chi connectivity index (χ2v) is 7.62. The summed E-state index contributed by atoms with van der Waals surface area (Å²) in [4.78, 5) is 14.6. The lowest BCUT2D eigenvalue weighted by atomic mass is 9.78. The molecule has 0 radical (unpaired) electrons. The molecule has 3 nitrogen and oxygen atoms in total. The van der Waals surface area contributed by atoms with Gasteiger partial charge in [0.05, 0.1) is 5.56 Å². The normalized spacial score (nSPS) is 29.4. The lowest BCUT2D eigenvalue weighted by Crippen LogP contribution is -2.38. The molecule has 1 heterocycles. The molecule has 2 N–H and O–H groups in total. The van der Waals surface area contributed by atoms with Crippen molar-refractivity contribution in [3.8, 4) is 0 Å². The summed E-state index contributed by atoms with van der Waals surface area (Å²) in [5.74, 6) is 1.20. The fraction of sp³-hybridized carbons (Fsp3) is 0.533. The van der Waals surface area contributed by atoms with Gasteiger partial charge in [-0.2, -0.15) is 0 Å². The number of amides is 1. The highest BCUT2D eigenvalue weighted by Crippen LogP contribution is 2.36. The van der Waals surface area contributed by atoms with Crippen molar-refractivity contribution < 1.29 is 4.79 Å². The van der Waals surface area contributed by atoms with E-state index in [1.165, 1.54) is 12.8 Å². The van der Waals surface area contributed by atoms with Gasteiger partial charge in [0.25, 0.3) is 5.91 Å². The first-order chi connectivity index (χ1) is 9.56. The van der Waals surface area contributed by atoms with Crippen LogP contribution in [0.3, 0.4) is 0 Å². The Balaban J connectivity index is 1.78. The predicted octanol–water partition coefficient (Wildman–Crippen LogP) is 3.41. The number of halogens is 2. The van der Waals surface area contributed by atoms with Crippen LogP contribution in [0.2, 0.25) is 0 Å². The summed E-state index contributed by atoms with van der Waals surface area (Å²) in [7, 11) is 0. The minimum atomic E-state index is 0.117. The third kappa shape index (κ3) is 2.68. The highest BCUT2D eigenvalue weighted by atomic mass is 79.9. The molecule has 5 heteroatoms. The Morgan fingerprint density at radius 3 is 2.75 bits per heavy atom. The number of hydrogen-bond donors (Lipinski definition) is 1. The zero-order chi connectivity index (χ0) is 14.3. The maximum absolute atomic E-state index is 12.7. The number of rotatable bonds is 1. The average Bonchev–Trinajstić information content (AvgIpc) is 2.83. The molecule has 1 saturated heterocycles. The van der Waals surface area contributed by atoms with Crippen LogP contribution in [0.15, 0.2) is 27.1 Å². The Morgan fingerprint density at radius 1 is 1.25 bits per heavy atom. The van der Waals surface area contributed by atoms with Gasteiger partial charge in [-0.3, -0.25) is 4.79 Å². The first-order valence-electron chi connectivity index (χ1n) is 7.06. The molecule has 1 aromatic carbocycles. The van der Waals surface area contributed by atoms with Crippen molar-refractivity contribution in [2.24, 2.45) is 17.6 Å². The molecule has 1 amide bonds. The molecule has 2 fully saturated rings. The zero-order valence-corrected chi connectivity index (χ0v) is 14.4. The maximum atomic E-state index is 12.7. The van der Waals surface area contributed by atoms with Gasteiger partial charge >= 0.3 is 0 Å². The van der Waals surface area contributed by atoms with Crippen LogP contribution in [-0.4, -0.2) is 29.9 Å². The molecule has 3 unspecified atom stereocenters. The van der Waals surface area contributed by atoms with Gasteiger partial charge in [-0.05, 0) is 58.8 Å². The van der Waals surface area contributed by atoms with Crippen molar-refractivity contribution in [2.45, 2.75) is 25.3 Å². The summed E-state index contributed by atoms with van der Waals surface area (Å²) in [6, 6.07) is 5.97. The van der Waals surface area contributed by atoms with Crippen LogP contribution in [0, 0.1) is 11.8 Å². The van der Waals surface area contributed by atoms with Crippen molar-refractivity contribution >= 4 is 37.8 Å². The molecule has 2 aliphatic rings. The quantitative estimate of drug-likeness (QED) is 0.783. The van der Waals surface area contributed by atoms with Crippen LogP contribution in [-0.2, 0) is 0 Å². The number of fused-ring (bicyclic) bond motifs is 1. The summed E-state index contributed by atoms with van der Waals surface area (Å²) < 4.78 is 1.81. The van der Waals surface area contributed by atoms with Gasteiger partial charge in [-0.1, -0.05) is 22.4 Å². The third-order valence-electron chi connectivity index (χ3n) is 4.60. The second-order valence-electron chi connectivity index (χ2n) is 5.85. The standard InChI is InChI=1S/C15H18Br2N2O/c16-10-4-5-11(13(17)6-10)15(20)19-7-9-2-1-3-14(18)12(9)8-19/h4-6,9,12,14H,1-3,7-8,18H2. The lowest BCUT2D eigenvalue weighted by molar-refractivity contribution is 0.0782. The number of nitrogens with two attached hydrogens (primary N) is 1. The first-order valence-corrected chi connectivity index (χ1v) is 8.65. The molecule has 0 aromatic heterocycles. The Labute approximate surface area is 136 Å². The van der Waals surface area contributed by atoms with E-state index >= 15 is 0 Å². The van der Waals surface area contributed by atoms with Crippen LogP contribution in [0.5, 0.6) is 0 Å². The molecule has 108 valence electrons. The highest BCUT2D eigenvalue weighted by molar-refractivity contribution is 9.11. The topological polar surface area (TPSA) is 46.3 Å². The molecule has 1 aromatic rings. The summed E-state index contributed by atoms with van der Waals surface area (Å²) >= 11 is 6.90. The van der Waals surface area contributed by atoms with Gasteiger partial charge < -0.3 is 10.6 Å². The summed E-state index contributed by atoms with van der Waals surface area (Å²) in [5, 5.41) is 0. The predicted molar refractivity (Wildman–Crippen MR) is 86.6 cm³/mol. The van der Waals surface area contributed by atoms with Crippen molar-refractivity contribution in [3.63, 3.8) is 0 Å². The van der Waals surface area contributed by atoms with Crippen molar-refractivity contribution in [1.29, 1.82) is 0 Å². The number of nitrogens with zero attached hydrogens (tertiary/aromatic N) is 1. The minimum absolute atomic E-state index is 0.117. The number of hydrogen-bond acceptors (Lipinski definition) is 2. The average molecular weight is 402 g/mol. The third-order valence-corrected chi connectivity index (χ3v) is 5.75. The number of carbonyl (C=O) groups excluding carboxylic acids is 1. The summed E-state index contributed by atoms with van der Waals surface area (Å²) in [6.45, 7) is 1.67. The van der Waals surface area contributed by atoms with Gasteiger partial charge in [0.15, 0.2) is 0 Å². The smallest absolute Gasteiger partial charge is 0.255 e. The van der Waals surface area contributed by atoms with E-state index in [2.05, 4.69) is 31.9 Å².